The molecule has 3 heterocycles. The first-order valence-corrected chi connectivity index (χ1v) is 9.32. The first-order chi connectivity index (χ1) is 13.0. The van der Waals surface area contributed by atoms with E-state index in [0.717, 1.165) is 0 Å². The minimum atomic E-state index is -0.557. The van der Waals surface area contributed by atoms with Crippen molar-refractivity contribution in [1.29, 1.82) is 0 Å². The van der Waals surface area contributed by atoms with E-state index in [1.807, 2.05) is 6.92 Å². The van der Waals surface area contributed by atoms with E-state index in [4.69, 9.17) is 16.3 Å². The number of nitrogens with zero attached hydrogens (tertiary/aromatic N) is 3. The Labute approximate surface area is 167 Å². The standard InChI is InChI=1S/C17H14BrClFN5O2/c1-8-13-14(19)11(20)6-10(18)15(13)27-5-3-21-17(26)9-7-22-25-4-2-12(23-8)24-16(9)25/h2,4,6-8H,3,5H2,1H3,(H,21,26)(H,23,24)/t8-/m1/s1. The number of benzene rings is 1. The number of halogens is 3. The van der Waals surface area contributed by atoms with Crippen LogP contribution in [0, 0.1) is 5.82 Å². The van der Waals surface area contributed by atoms with Crippen molar-refractivity contribution in [1.82, 2.24) is 19.9 Å². The van der Waals surface area contributed by atoms with Crippen LogP contribution in [0.25, 0.3) is 5.65 Å². The van der Waals surface area contributed by atoms with E-state index in [1.165, 1.54) is 16.8 Å². The average molecular weight is 455 g/mol. The van der Waals surface area contributed by atoms with E-state index >= 15 is 0 Å². The number of fused-ring (bicyclic) bond motifs is 2. The van der Waals surface area contributed by atoms with Crippen molar-refractivity contribution in [3.8, 4) is 5.75 Å². The third-order valence-corrected chi connectivity index (χ3v) is 5.18. The lowest BCUT2D eigenvalue weighted by Gasteiger charge is -2.21. The fraction of sp³-hybridized carbons (Fsp3) is 0.235. The van der Waals surface area contributed by atoms with Crippen LogP contribution in [0.2, 0.25) is 5.02 Å². The van der Waals surface area contributed by atoms with Crippen molar-refractivity contribution < 1.29 is 13.9 Å². The fourth-order valence-corrected chi connectivity index (χ4v) is 3.78. The summed E-state index contributed by atoms with van der Waals surface area (Å²) in [6.07, 6.45) is 3.15. The first kappa shape index (κ1) is 18.0. The Morgan fingerprint density at radius 3 is 3.11 bits per heavy atom. The maximum absolute atomic E-state index is 14.2. The summed E-state index contributed by atoms with van der Waals surface area (Å²) in [7, 11) is 0. The number of carbonyl (C=O) groups is 1. The Kier molecular flexibility index (Phi) is 4.65. The molecule has 7 nitrogen and oxygen atoms in total. The summed E-state index contributed by atoms with van der Waals surface area (Å²) in [6, 6.07) is 2.55. The van der Waals surface area contributed by atoms with Crippen LogP contribution in [0.4, 0.5) is 10.2 Å². The van der Waals surface area contributed by atoms with Gasteiger partial charge >= 0.3 is 0 Å². The molecule has 2 bridgehead atoms. The van der Waals surface area contributed by atoms with E-state index in [1.54, 1.807) is 12.3 Å². The summed E-state index contributed by atoms with van der Waals surface area (Å²) in [5.74, 6) is 0.0470. The largest absolute Gasteiger partial charge is 0.490 e. The zero-order chi connectivity index (χ0) is 19.1. The fourth-order valence-electron chi connectivity index (χ4n) is 2.95. The molecule has 0 saturated heterocycles. The second-order valence-electron chi connectivity index (χ2n) is 6.01. The molecule has 0 spiro atoms. The number of aromatic nitrogens is 3. The molecule has 27 heavy (non-hydrogen) atoms. The zero-order valence-corrected chi connectivity index (χ0v) is 16.4. The van der Waals surface area contributed by atoms with Crippen LogP contribution >= 0.6 is 27.5 Å². The molecule has 1 amide bonds. The summed E-state index contributed by atoms with van der Waals surface area (Å²) < 4.78 is 22.0. The van der Waals surface area contributed by atoms with E-state index in [0.29, 0.717) is 32.8 Å². The Hall–Kier alpha value is -2.39. The number of rotatable bonds is 0. The molecule has 0 unspecified atom stereocenters. The number of nitrogens with one attached hydrogen (secondary N) is 2. The number of hydrogen-bond donors (Lipinski definition) is 2. The number of anilines is 1. The number of amides is 1. The van der Waals surface area contributed by atoms with Gasteiger partial charge in [-0.05, 0) is 35.0 Å². The number of carbonyl (C=O) groups excluding carboxylic acids is 1. The van der Waals surface area contributed by atoms with Gasteiger partial charge in [0, 0.05) is 11.8 Å². The van der Waals surface area contributed by atoms with Gasteiger partial charge in [0.05, 0.1) is 28.3 Å². The third-order valence-electron chi connectivity index (χ3n) is 4.21. The second-order valence-corrected chi connectivity index (χ2v) is 7.24. The van der Waals surface area contributed by atoms with Crippen molar-refractivity contribution in [2.75, 3.05) is 18.5 Å². The topological polar surface area (TPSA) is 80.5 Å². The smallest absolute Gasteiger partial charge is 0.256 e. The molecule has 0 fully saturated rings. The van der Waals surface area contributed by atoms with Gasteiger partial charge in [0.25, 0.3) is 5.91 Å². The van der Waals surface area contributed by atoms with E-state index in [9.17, 15) is 9.18 Å². The van der Waals surface area contributed by atoms with Crippen LogP contribution in [0.5, 0.6) is 5.75 Å². The molecule has 0 saturated carbocycles. The highest BCUT2D eigenvalue weighted by Gasteiger charge is 2.24. The zero-order valence-electron chi connectivity index (χ0n) is 14.1. The van der Waals surface area contributed by atoms with E-state index in [-0.39, 0.29) is 24.1 Å². The minimum absolute atomic E-state index is 0.0294. The van der Waals surface area contributed by atoms with Gasteiger partial charge in [0.15, 0.2) is 5.65 Å². The molecule has 2 N–H and O–H groups in total. The molecule has 0 aliphatic carbocycles. The normalized spacial score (nSPS) is 17.2. The Balaban J connectivity index is 1.85. The molecule has 1 atom stereocenters. The van der Waals surface area contributed by atoms with Crippen LogP contribution in [0.15, 0.2) is 29.0 Å². The van der Waals surface area contributed by atoms with Crippen LogP contribution in [-0.2, 0) is 0 Å². The highest BCUT2D eigenvalue weighted by molar-refractivity contribution is 9.10. The second kappa shape index (κ2) is 6.97. The maximum atomic E-state index is 14.2. The Bertz CT molecular complexity index is 1060. The predicted octanol–water partition coefficient (Wildman–Crippen LogP) is 3.58. The lowest BCUT2D eigenvalue weighted by atomic mass is 10.1. The molecule has 3 aromatic rings. The molecule has 4 rings (SSSR count). The van der Waals surface area contributed by atoms with E-state index < -0.39 is 11.9 Å². The average Bonchev–Trinajstić information content (AvgIpc) is 3.05. The van der Waals surface area contributed by atoms with Crippen LogP contribution in [0.1, 0.15) is 28.9 Å². The molecule has 1 aliphatic heterocycles. The van der Waals surface area contributed by atoms with Gasteiger partial charge in [-0.25, -0.2) is 13.9 Å². The molecule has 140 valence electrons. The van der Waals surface area contributed by atoms with Crippen molar-refractivity contribution in [3.05, 3.63) is 51.0 Å². The van der Waals surface area contributed by atoms with Crippen molar-refractivity contribution in [3.63, 3.8) is 0 Å². The molecule has 1 aromatic carbocycles. The molecule has 1 aliphatic rings. The van der Waals surface area contributed by atoms with Gasteiger partial charge in [-0.1, -0.05) is 11.6 Å². The van der Waals surface area contributed by atoms with Gasteiger partial charge in [0.1, 0.15) is 29.6 Å². The van der Waals surface area contributed by atoms with Gasteiger partial charge in [-0.15, -0.1) is 0 Å². The van der Waals surface area contributed by atoms with Crippen molar-refractivity contribution in [2.45, 2.75) is 13.0 Å². The number of hydrogen-bond acceptors (Lipinski definition) is 5. The lowest BCUT2D eigenvalue weighted by Crippen LogP contribution is -2.28. The quantitative estimate of drug-likeness (QED) is 0.508. The van der Waals surface area contributed by atoms with Crippen LogP contribution < -0.4 is 15.4 Å². The van der Waals surface area contributed by atoms with Gasteiger partial charge in [-0.2, -0.15) is 5.10 Å². The van der Waals surface area contributed by atoms with E-state index in [2.05, 4.69) is 36.6 Å². The van der Waals surface area contributed by atoms with Crippen molar-refractivity contribution in [2.24, 2.45) is 0 Å². The van der Waals surface area contributed by atoms with Crippen molar-refractivity contribution >= 4 is 44.9 Å². The molecular weight excluding hydrogens is 441 g/mol. The highest BCUT2D eigenvalue weighted by Crippen LogP contribution is 2.41. The Morgan fingerprint density at radius 2 is 2.30 bits per heavy atom. The molecule has 0 radical (unpaired) electrons. The summed E-state index contributed by atoms with van der Waals surface area (Å²) >= 11 is 9.56. The van der Waals surface area contributed by atoms with Gasteiger partial charge < -0.3 is 15.4 Å². The predicted molar refractivity (Wildman–Crippen MR) is 102 cm³/mol. The maximum Gasteiger partial charge on any atom is 0.256 e. The minimum Gasteiger partial charge on any atom is -0.490 e. The Morgan fingerprint density at radius 1 is 1.48 bits per heavy atom. The molecule has 10 heteroatoms. The van der Waals surface area contributed by atoms with Crippen LogP contribution in [-0.4, -0.2) is 33.7 Å². The molecule has 2 aromatic heterocycles. The monoisotopic (exact) mass is 453 g/mol. The summed E-state index contributed by atoms with van der Waals surface area (Å²) in [6.45, 7) is 2.26. The summed E-state index contributed by atoms with van der Waals surface area (Å²) in [5, 5.41) is 10.1. The highest BCUT2D eigenvalue weighted by atomic mass is 79.9. The third kappa shape index (κ3) is 3.21. The van der Waals surface area contributed by atoms with Gasteiger partial charge in [-0.3, -0.25) is 4.79 Å². The lowest BCUT2D eigenvalue weighted by molar-refractivity contribution is 0.0948. The summed E-state index contributed by atoms with van der Waals surface area (Å²) in [5.41, 5.74) is 1.23. The molecular formula is C17H14BrClFN5O2. The van der Waals surface area contributed by atoms with Crippen LogP contribution in [0.3, 0.4) is 0 Å². The SMILES string of the molecule is C[C@H]1Nc2ccn3ncc(c3n2)C(=O)NCCOc2c(Br)cc(F)c(Cl)c21. The van der Waals surface area contributed by atoms with Gasteiger partial charge in [0.2, 0.25) is 0 Å². The summed E-state index contributed by atoms with van der Waals surface area (Å²) in [4.78, 5) is 16.9. The first-order valence-electron chi connectivity index (χ1n) is 8.15. The number of ether oxygens (including phenoxy) is 1.